The van der Waals surface area contributed by atoms with Crippen LogP contribution in [0.25, 0.3) is 10.8 Å². The molecular weight excluding hydrogens is 324 g/mol. The molecule has 1 unspecified atom stereocenters. The molecule has 1 fully saturated rings. The number of carbonyl (C=O) groups excluding carboxylic acids is 1. The number of nitrogens with zero attached hydrogens (tertiary/aromatic N) is 3. The fraction of sp³-hybridized carbons (Fsp3) is 0.333. The van der Waals surface area contributed by atoms with Crippen LogP contribution >= 0.6 is 0 Å². The van der Waals surface area contributed by atoms with Crippen LogP contribution in [0.4, 0.5) is 0 Å². The maximum Gasteiger partial charge on any atom is 0.272 e. The van der Waals surface area contributed by atoms with Gasteiger partial charge in [-0.1, -0.05) is 42.5 Å². The van der Waals surface area contributed by atoms with E-state index in [1.165, 1.54) is 16.3 Å². The number of aromatic nitrogens is 2. The average molecular weight is 348 g/mol. The van der Waals surface area contributed by atoms with Gasteiger partial charge in [0.2, 0.25) is 0 Å². The molecular formula is C21H24N4O. The fourth-order valence-electron chi connectivity index (χ4n) is 3.78. The zero-order valence-corrected chi connectivity index (χ0v) is 15.1. The molecule has 5 nitrogen and oxygen atoms in total. The van der Waals surface area contributed by atoms with Gasteiger partial charge in [0.05, 0.1) is 0 Å². The number of benzene rings is 2. The Morgan fingerprint density at radius 2 is 2.04 bits per heavy atom. The Morgan fingerprint density at radius 3 is 2.88 bits per heavy atom. The lowest BCUT2D eigenvalue weighted by atomic mass is 10.0. The Hall–Kier alpha value is -2.66. The van der Waals surface area contributed by atoms with Crippen molar-refractivity contribution in [2.75, 3.05) is 13.1 Å². The second kappa shape index (κ2) is 7.30. The van der Waals surface area contributed by atoms with Crippen molar-refractivity contribution in [2.45, 2.75) is 25.4 Å². The van der Waals surface area contributed by atoms with Crippen molar-refractivity contribution >= 4 is 16.7 Å². The van der Waals surface area contributed by atoms with Gasteiger partial charge >= 0.3 is 0 Å². The summed E-state index contributed by atoms with van der Waals surface area (Å²) in [7, 11) is 1.82. The van der Waals surface area contributed by atoms with E-state index in [1.807, 2.05) is 7.05 Å². The zero-order chi connectivity index (χ0) is 17.9. The third kappa shape index (κ3) is 3.63. The standard InChI is InChI=1S/C21H24N4O/c1-24-13-11-20(23-24)21(26)22-18-9-5-12-25(15-18)14-17-8-4-7-16-6-2-3-10-19(16)17/h2-4,6-8,10-11,13,18H,5,9,12,14-15H2,1H3,(H,22,26). The molecule has 0 aliphatic carbocycles. The molecule has 2 aromatic carbocycles. The predicted molar refractivity (Wildman–Crippen MR) is 103 cm³/mol. The lowest BCUT2D eigenvalue weighted by Crippen LogP contribution is -2.47. The monoisotopic (exact) mass is 348 g/mol. The predicted octanol–water partition coefficient (Wildman–Crippen LogP) is 2.97. The van der Waals surface area contributed by atoms with Crippen LogP contribution in [-0.4, -0.2) is 39.7 Å². The van der Waals surface area contributed by atoms with Crippen molar-refractivity contribution in [3.8, 4) is 0 Å². The first-order valence-corrected chi connectivity index (χ1v) is 9.18. The molecule has 0 spiro atoms. The Morgan fingerprint density at radius 1 is 1.19 bits per heavy atom. The van der Waals surface area contributed by atoms with Crippen LogP contribution in [0.1, 0.15) is 28.9 Å². The summed E-state index contributed by atoms with van der Waals surface area (Å²) < 4.78 is 1.66. The average Bonchev–Trinajstić information content (AvgIpc) is 3.09. The van der Waals surface area contributed by atoms with Gasteiger partial charge in [-0.15, -0.1) is 0 Å². The van der Waals surface area contributed by atoms with Crippen molar-refractivity contribution in [3.63, 3.8) is 0 Å². The number of amides is 1. The van der Waals surface area contributed by atoms with Crippen LogP contribution in [0.3, 0.4) is 0 Å². The van der Waals surface area contributed by atoms with Crippen LogP contribution in [-0.2, 0) is 13.6 Å². The molecule has 26 heavy (non-hydrogen) atoms. The minimum atomic E-state index is -0.0809. The first kappa shape index (κ1) is 16.8. The topological polar surface area (TPSA) is 50.2 Å². The van der Waals surface area contributed by atoms with Crippen molar-refractivity contribution < 1.29 is 4.79 Å². The van der Waals surface area contributed by atoms with E-state index in [4.69, 9.17) is 0 Å². The lowest BCUT2D eigenvalue weighted by molar-refractivity contribution is 0.0895. The van der Waals surface area contributed by atoms with Crippen LogP contribution in [0.5, 0.6) is 0 Å². The van der Waals surface area contributed by atoms with Crippen LogP contribution in [0.2, 0.25) is 0 Å². The van der Waals surface area contributed by atoms with Gasteiger partial charge in [0.25, 0.3) is 5.91 Å². The highest BCUT2D eigenvalue weighted by atomic mass is 16.2. The Bertz CT molecular complexity index is 912. The van der Waals surface area contributed by atoms with Gasteiger partial charge in [0.1, 0.15) is 5.69 Å². The van der Waals surface area contributed by atoms with Crippen molar-refractivity contribution in [2.24, 2.45) is 7.05 Å². The minimum absolute atomic E-state index is 0.0809. The molecule has 1 amide bonds. The molecule has 1 aliphatic rings. The number of likely N-dealkylation sites (tertiary alicyclic amines) is 1. The number of nitrogens with one attached hydrogen (secondary N) is 1. The molecule has 1 aromatic heterocycles. The van der Waals surface area contributed by atoms with E-state index in [0.29, 0.717) is 5.69 Å². The summed E-state index contributed by atoms with van der Waals surface area (Å²) in [5.74, 6) is -0.0809. The number of hydrogen-bond donors (Lipinski definition) is 1. The van der Waals surface area contributed by atoms with Gasteiger partial charge in [0, 0.05) is 32.4 Å². The molecule has 4 rings (SSSR count). The number of hydrogen-bond acceptors (Lipinski definition) is 3. The SMILES string of the molecule is Cn1ccc(C(=O)NC2CCCN(Cc3cccc4ccccc34)C2)n1. The zero-order valence-electron chi connectivity index (χ0n) is 15.1. The summed E-state index contributed by atoms with van der Waals surface area (Å²) in [6.07, 6.45) is 3.91. The lowest BCUT2D eigenvalue weighted by Gasteiger charge is -2.33. The van der Waals surface area contributed by atoms with Gasteiger partial charge in [-0.3, -0.25) is 14.4 Å². The van der Waals surface area contributed by atoms with E-state index in [9.17, 15) is 4.79 Å². The normalized spacial score (nSPS) is 18.1. The number of carbonyl (C=O) groups is 1. The molecule has 0 radical (unpaired) electrons. The summed E-state index contributed by atoms with van der Waals surface area (Å²) in [6, 6.07) is 16.9. The molecule has 1 atom stereocenters. The van der Waals surface area contributed by atoms with Gasteiger partial charge in [-0.2, -0.15) is 5.10 Å². The van der Waals surface area contributed by atoms with Crippen LogP contribution in [0.15, 0.2) is 54.7 Å². The summed E-state index contributed by atoms with van der Waals surface area (Å²) in [5.41, 5.74) is 1.83. The molecule has 1 aliphatic heterocycles. The summed E-state index contributed by atoms with van der Waals surface area (Å²) >= 11 is 0. The minimum Gasteiger partial charge on any atom is -0.347 e. The number of rotatable bonds is 4. The number of aryl methyl sites for hydroxylation is 1. The highest BCUT2D eigenvalue weighted by molar-refractivity contribution is 5.92. The van der Waals surface area contributed by atoms with E-state index in [0.717, 1.165) is 32.5 Å². The van der Waals surface area contributed by atoms with E-state index in [1.54, 1.807) is 16.9 Å². The van der Waals surface area contributed by atoms with E-state index >= 15 is 0 Å². The number of piperidine rings is 1. The molecule has 2 heterocycles. The quantitative estimate of drug-likeness (QED) is 0.789. The van der Waals surface area contributed by atoms with Gasteiger partial charge < -0.3 is 5.32 Å². The molecule has 1 N–H and O–H groups in total. The van der Waals surface area contributed by atoms with E-state index < -0.39 is 0 Å². The Kier molecular flexibility index (Phi) is 4.71. The summed E-state index contributed by atoms with van der Waals surface area (Å²) in [6.45, 7) is 2.86. The van der Waals surface area contributed by atoms with Gasteiger partial charge in [-0.25, -0.2) is 0 Å². The Labute approximate surface area is 153 Å². The third-order valence-electron chi connectivity index (χ3n) is 5.06. The molecule has 134 valence electrons. The largest absolute Gasteiger partial charge is 0.347 e. The maximum absolute atomic E-state index is 12.4. The molecule has 0 saturated carbocycles. The Balaban J connectivity index is 1.42. The first-order chi connectivity index (χ1) is 12.7. The van der Waals surface area contributed by atoms with Crippen LogP contribution in [0, 0.1) is 0 Å². The molecule has 1 saturated heterocycles. The van der Waals surface area contributed by atoms with E-state index in [-0.39, 0.29) is 11.9 Å². The number of fused-ring (bicyclic) bond motifs is 1. The highest BCUT2D eigenvalue weighted by Crippen LogP contribution is 2.21. The second-order valence-corrected chi connectivity index (χ2v) is 7.06. The van der Waals surface area contributed by atoms with Crippen molar-refractivity contribution in [1.29, 1.82) is 0 Å². The third-order valence-corrected chi connectivity index (χ3v) is 5.06. The highest BCUT2D eigenvalue weighted by Gasteiger charge is 2.23. The van der Waals surface area contributed by atoms with Crippen LogP contribution < -0.4 is 5.32 Å². The summed E-state index contributed by atoms with van der Waals surface area (Å²) in [4.78, 5) is 14.8. The van der Waals surface area contributed by atoms with Gasteiger partial charge in [0.15, 0.2) is 0 Å². The van der Waals surface area contributed by atoms with Gasteiger partial charge in [-0.05, 0) is 41.8 Å². The maximum atomic E-state index is 12.4. The summed E-state index contributed by atoms with van der Waals surface area (Å²) in [5, 5.41) is 9.93. The molecule has 3 aromatic rings. The smallest absolute Gasteiger partial charge is 0.272 e. The second-order valence-electron chi connectivity index (χ2n) is 7.06. The van der Waals surface area contributed by atoms with Crippen molar-refractivity contribution in [1.82, 2.24) is 20.0 Å². The fourth-order valence-corrected chi connectivity index (χ4v) is 3.78. The molecule has 0 bridgehead atoms. The molecule has 5 heteroatoms. The van der Waals surface area contributed by atoms with E-state index in [2.05, 4.69) is 57.8 Å². The first-order valence-electron chi connectivity index (χ1n) is 9.18. The van der Waals surface area contributed by atoms with Crippen molar-refractivity contribution in [3.05, 3.63) is 66.0 Å².